The number of aromatic nitrogens is 2. The zero-order valence-electron chi connectivity index (χ0n) is 9.91. The molecular weight excluding hydrogens is 328 g/mol. The lowest BCUT2D eigenvalue weighted by Crippen LogP contribution is -1.95. The molecule has 0 aliphatic carbocycles. The van der Waals surface area contributed by atoms with E-state index < -0.39 is 5.97 Å². The summed E-state index contributed by atoms with van der Waals surface area (Å²) in [5.41, 5.74) is 0.864. The van der Waals surface area contributed by atoms with Gasteiger partial charge in [0.1, 0.15) is 0 Å². The second-order valence-corrected chi connectivity index (χ2v) is 4.69. The molecule has 2 heterocycles. The summed E-state index contributed by atoms with van der Waals surface area (Å²) in [4.78, 5) is 15.0. The summed E-state index contributed by atoms with van der Waals surface area (Å²) in [6.45, 7) is 0. The number of carboxylic acid groups (broad SMARTS) is 1. The van der Waals surface area contributed by atoms with E-state index in [1.54, 1.807) is 24.3 Å². The average molecular weight is 335 g/mol. The third-order valence-corrected chi connectivity index (χ3v) is 3.03. The van der Waals surface area contributed by atoms with Gasteiger partial charge in [0.25, 0.3) is 5.89 Å². The number of benzene rings is 1. The van der Waals surface area contributed by atoms with Gasteiger partial charge in [-0.3, -0.25) is 0 Å². The molecular formula is C13H7BrN2O4. The summed E-state index contributed by atoms with van der Waals surface area (Å²) in [5.74, 6) is 0.0982. The lowest BCUT2D eigenvalue weighted by Gasteiger charge is -1.95. The summed E-state index contributed by atoms with van der Waals surface area (Å²) in [6.07, 6.45) is 0. The van der Waals surface area contributed by atoms with Crippen LogP contribution in [0.5, 0.6) is 0 Å². The SMILES string of the molecule is O=C(O)c1ccc(-c2noc(-c3ccc(Br)o3)n2)cc1. The fraction of sp³-hybridized carbons (Fsp3) is 0. The average Bonchev–Trinajstić information content (AvgIpc) is 3.07. The number of hydrogen-bond donors (Lipinski definition) is 1. The number of nitrogens with zero attached hydrogens (tertiary/aromatic N) is 2. The molecule has 0 radical (unpaired) electrons. The van der Waals surface area contributed by atoms with E-state index in [1.165, 1.54) is 12.1 Å². The van der Waals surface area contributed by atoms with Crippen molar-refractivity contribution in [3.05, 3.63) is 46.6 Å². The molecule has 3 rings (SSSR count). The van der Waals surface area contributed by atoms with Crippen LogP contribution in [-0.4, -0.2) is 21.2 Å². The van der Waals surface area contributed by atoms with E-state index in [4.69, 9.17) is 14.0 Å². The Morgan fingerprint density at radius 1 is 1.15 bits per heavy atom. The fourth-order valence-corrected chi connectivity index (χ4v) is 1.94. The topological polar surface area (TPSA) is 89.4 Å². The van der Waals surface area contributed by atoms with Crippen molar-refractivity contribution < 1.29 is 18.8 Å². The molecule has 0 bridgehead atoms. The first-order chi connectivity index (χ1) is 9.63. The summed E-state index contributed by atoms with van der Waals surface area (Å²) < 4.78 is 11.0. The van der Waals surface area contributed by atoms with Gasteiger partial charge in [-0.1, -0.05) is 17.3 Å². The van der Waals surface area contributed by atoms with Gasteiger partial charge in [0.05, 0.1) is 5.56 Å². The van der Waals surface area contributed by atoms with Crippen LogP contribution < -0.4 is 0 Å². The molecule has 0 unspecified atom stereocenters. The minimum atomic E-state index is -0.981. The first kappa shape index (κ1) is 12.6. The van der Waals surface area contributed by atoms with Crippen molar-refractivity contribution in [1.82, 2.24) is 10.1 Å². The van der Waals surface area contributed by atoms with Gasteiger partial charge in [0.15, 0.2) is 10.4 Å². The third-order valence-electron chi connectivity index (χ3n) is 2.60. The van der Waals surface area contributed by atoms with Crippen LogP contribution in [-0.2, 0) is 0 Å². The number of halogens is 1. The highest BCUT2D eigenvalue weighted by molar-refractivity contribution is 9.10. The Hall–Kier alpha value is -2.41. The zero-order valence-corrected chi connectivity index (χ0v) is 11.5. The molecule has 1 N–H and O–H groups in total. The molecule has 6 nitrogen and oxygen atoms in total. The number of carboxylic acids is 1. The molecule has 0 saturated carbocycles. The van der Waals surface area contributed by atoms with Crippen LogP contribution in [0.4, 0.5) is 0 Å². The standard InChI is InChI=1S/C13H7BrN2O4/c14-10-6-5-9(19-10)12-15-11(16-20-12)7-1-3-8(4-2-7)13(17)18/h1-6H,(H,17,18). The molecule has 2 aromatic heterocycles. The fourth-order valence-electron chi connectivity index (χ4n) is 1.63. The van der Waals surface area contributed by atoms with E-state index in [0.717, 1.165) is 0 Å². The first-order valence-corrected chi connectivity index (χ1v) is 6.36. The van der Waals surface area contributed by atoms with Crippen molar-refractivity contribution in [2.45, 2.75) is 0 Å². The van der Waals surface area contributed by atoms with Crippen LogP contribution >= 0.6 is 15.9 Å². The lowest BCUT2D eigenvalue weighted by atomic mass is 10.1. The molecule has 0 atom stereocenters. The van der Waals surface area contributed by atoms with Gasteiger partial charge in [0, 0.05) is 5.56 Å². The lowest BCUT2D eigenvalue weighted by molar-refractivity contribution is 0.0697. The van der Waals surface area contributed by atoms with Crippen LogP contribution in [0.3, 0.4) is 0 Å². The van der Waals surface area contributed by atoms with Gasteiger partial charge < -0.3 is 14.0 Å². The van der Waals surface area contributed by atoms with Crippen molar-refractivity contribution in [1.29, 1.82) is 0 Å². The van der Waals surface area contributed by atoms with E-state index >= 15 is 0 Å². The quantitative estimate of drug-likeness (QED) is 0.788. The van der Waals surface area contributed by atoms with Gasteiger partial charge in [-0.25, -0.2) is 4.79 Å². The minimum Gasteiger partial charge on any atom is -0.478 e. The summed E-state index contributed by atoms with van der Waals surface area (Å²) in [6, 6.07) is 9.64. The van der Waals surface area contributed by atoms with Crippen molar-refractivity contribution >= 4 is 21.9 Å². The number of aromatic carboxylic acids is 1. The van der Waals surface area contributed by atoms with Crippen molar-refractivity contribution in [2.75, 3.05) is 0 Å². The van der Waals surface area contributed by atoms with E-state index in [-0.39, 0.29) is 11.5 Å². The number of hydrogen-bond acceptors (Lipinski definition) is 5. The number of carbonyl (C=O) groups is 1. The highest BCUT2D eigenvalue weighted by Crippen LogP contribution is 2.26. The maximum atomic E-state index is 10.8. The zero-order chi connectivity index (χ0) is 14.1. The predicted octanol–water partition coefficient (Wildman–Crippen LogP) is 3.46. The Labute approximate surface area is 121 Å². The molecule has 0 spiro atoms. The molecule has 0 aliphatic rings. The highest BCUT2D eigenvalue weighted by Gasteiger charge is 2.14. The molecule has 100 valence electrons. The van der Waals surface area contributed by atoms with Crippen molar-refractivity contribution in [3.63, 3.8) is 0 Å². The maximum Gasteiger partial charge on any atom is 0.335 e. The molecule has 0 fully saturated rings. The molecule has 0 saturated heterocycles. The van der Waals surface area contributed by atoms with Crippen molar-refractivity contribution in [3.8, 4) is 23.0 Å². The van der Waals surface area contributed by atoms with Gasteiger partial charge in [0.2, 0.25) is 5.82 Å². The van der Waals surface area contributed by atoms with Gasteiger partial charge in [-0.05, 0) is 40.2 Å². The second kappa shape index (κ2) is 4.93. The van der Waals surface area contributed by atoms with Gasteiger partial charge in [-0.15, -0.1) is 0 Å². The highest BCUT2D eigenvalue weighted by atomic mass is 79.9. The predicted molar refractivity (Wildman–Crippen MR) is 72.1 cm³/mol. The smallest absolute Gasteiger partial charge is 0.335 e. The van der Waals surface area contributed by atoms with Crippen LogP contribution in [0.15, 0.2) is 50.0 Å². The monoisotopic (exact) mass is 334 g/mol. The van der Waals surface area contributed by atoms with Crippen LogP contribution in [0.25, 0.3) is 23.0 Å². The Kier molecular flexibility index (Phi) is 3.11. The minimum absolute atomic E-state index is 0.201. The summed E-state index contributed by atoms with van der Waals surface area (Å²) in [7, 11) is 0. The molecule has 1 aromatic carbocycles. The van der Waals surface area contributed by atoms with Gasteiger partial charge in [-0.2, -0.15) is 4.98 Å². The molecule has 20 heavy (non-hydrogen) atoms. The second-order valence-electron chi connectivity index (χ2n) is 3.91. The van der Waals surface area contributed by atoms with Crippen LogP contribution in [0, 0.1) is 0 Å². The normalized spacial score (nSPS) is 10.7. The molecule has 3 aromatic rings. The molecule has 0 amide bonds. The Morgan fingerprint density at radius 2 is 1.90 bits per heavy atom. The molecule has 7 heteroatoms. The van der Waals surface area contributed by atoms with E-state index in [2.05, 4.69) is 26.1 Å². The number of rotatable bonds is 3. The van der Waals surface area contributed by atoms with Crippen LogP contribution in [0.1, 0.15) is 10.4 Å². The Morgan fingerprint density at radius 3 is 2.50 bits per heavy atom. The van der Waals surface area contributed by atoms with E-state index in [0.29, 0.717) is 21.8 Å². The Balaban J connectivity index is 1.91. The first-order valence-electron chi connectivity index (χ1n) is 5.56. The van der Waals surface area contributed by atoms with E-state index in [1.807, 2.05) is 0 Å². The van der Waals surface area contributed by atoms with Gasteiger partial charge >= 0.3 is 5.97 Å². The third kappa shape index (κ3) is 2.35. The van der Waals surface area contributed by atoms with Crippen LogP contribution in [0.2, 0.25) is 0 Å². The molecule has 0 aliphatic heterocycles. The maximum absolute atomic E-state index is 10.8. The number of furan rings is 1. The van der Waals surface area contributed by atoms with Crippen molar-refractivity contribution in [2.24, 2.45) is 0 Å². The summed E-state index contributed by atoms with van der Waals surface area (Å²) in [5, 5.41) is 12.7. The van der Waals surface area contributed by atoms with E-state index in [9.17, 15) is 4.79 Å². The Bertz CT molecular complexity index is 761. The summed E-state index contributed by atoms with van der Waals surface area (Å²) >= 11 is 3.19. The largest absolute Gasteiger partial charge is 0.478 e.